The Morgan fingerprint density at radius 2 is 1.88 bits per heavy atom. The molecule has 2 heterocycles. The van der Waals surface area contributed by atoms with Crippen molar-refractivity contribution in [1.82, 2.24) is 9.88 Å². The second-order valence-corrected chi connectivity index (χ2v) is 8.96. The highest BCUT2D eigenvalue weighted by Crippen LogP contribution is 2.28. The quantitative estimate of drug-likeness (QED) is 0.885. The van der Waals surface area contributed by atoms with Gasteiger partial charge >= 0.3 is 0 Å². The number of hydrogen-bond donors (Lipinski definition) is 1. The summed E-state index contributed by atoms with van der Waals surface area (Å²) < 4.78 is 27.8. The van der Waals surface area contributed by atoms with Crippen LogP contribution in [0.4, 0.5) is 5.13 Å². The number of carbonyl (C=O) groups excluding carboxylic acids is 1. The summed E-state index contributed by atoms with van der Waals surface area (Å²) in [7, 11) is -3.74. The number of aryl methyl sites for hydroxylation is 3. The molecule has 25 heavy (non-hydrogen) atoms. The third-order valence-corrected chi connectivity index (χ3v) is 6.91. The maximum atomic E-state index is 12.6. The van der Waals surface area contributed by atoms with E-state index in [1.807, 2.05) is 13.0 Å². The van der Waals surface area contributed by atoms with Gasteiger partial charge in [0.25, 0.3) is 15.9 Å². The molecule has 1 aromatic heterocycles. The van der Waals surface area contributed by atoms with Crippen LogP contribution in [-0.4, -0.2) is 37.3 Å². The number of aromatic nitrogens is 1. The number of nitrogens with one attached hydrogen (secondary N) is 1. The summed E-state index contributed by atoms with van der Waals surface area (Å²) in [5.41, 5.74) is 2.23. The molecule has 6 nitrogen and oxygen atoms in total. The summed E-state index contributed by atoms with van der Waals surface area (Å²) >= 11 is 1.09. The van der Waals surface area contributed by atoms with Crippen LogP contribution in [0.5, 0.6) is 0 Å². The van der Waals surface area contributed by atoms with Gasteiger partial charge in [-0.3, -0.25) is 9.52 Å². The predicted octanol–water partition coefficient (Wildman–Crippen LogP) is 3.11. The van der Waals surface area contributed by atoms with Crippen molar-refractivity contribution < 1.29 is 13.2 Å². The number of anilines is 1. The molecule has 1 saturated heterocycles. The first kappa shape index (κ1) is 17.9. The Labute approximate surface area is 151 Å². The van der Waals surface area contributed by atoms with E-state index in [1.165, 1.54) is 0 Å². The van der Waals surface area contributed by atoms with Crippen LogP contribution >= 0.6 is 11.3 Å². The molecule has 1 aliphatic rings. The minimum atomic E-state index is -3.74. The van der Waals surface area contributed by atoms with E-state index in [9.17, 15) is 13.2 Å². The average Bonchev–Trinajstić information content (AvgIpc) is 3.15. The molecule has 1 aliphatic heterocycles. The van der Waals surface area contributed by atoms with Gasteiger partial charge in [0.1, 0.15) is 4.88 Å². The van der Waals surface area contributed by atoms with Crippen LogP contribution in [-0.2, 0) is 10.0 Å². The normalized spacial score (nSPS) is 14.8. The third kappa shape index (κ3) is 3.69. The summed E-state index contributed by atoms with van der Waals surface area (Å²) in [6.45, 7) is 6.91. The summed E-state index contributed by atoms with van der Waals surface area (Å²) in [5.74, 6) is -0.0653. The molecule has 8 heteroatoms. The Bertz CT molecular complexity index is 913. The number of carbonyl (C=O) groups is 1. The molecule has 1 fully saturated rings. The van der Waals surface area contributed by atoms with Gasteiger partial charge in [-0.05, 0) is 45.2 Å². The number of thiazole rings is 1. The van der Waals surface area contributed by atoms with Crippen LogP contribution in [0.1, 0.15) is 39.3 Å². The van der Waals surface area contributed by atoms with E-state index in [0.717, 1.165) is 42.8 Å². The topological polar surface area (TPSA) is 79.4 Å². The van der Waals surface area contributed by atoms with Gasteiger partial charge in [-0.25, -0.2) is 13.4 Å². The Hall–Kier alpha value is -1.93. The second-order valence-electron chi connectivity index (χ2n) is 6.31. The first-order valence-electron chi connectivity index (χ1n) is 8.15. The highest BCUT2D eigenvalue weighted by Gasteiger charge is 2.25. The Balaban J connectivity index is 1.85. The zero-order valence-electron chi connectivity index (χ0n) is 14.5. The molecule has 0 unspecified atom stereocenters. The third-order valence-electron chi connectivity index (χ3n) is 4.23. The monoisotopic (exact) mass is 379 g/mol. The van der Waals surface area contributed by atoms with Crippen LogP contribution < -0.4 is 4.72 Å². The van der Waals surface area contributed by atoms with Crippen molar-refractivity contribution in [3.63, 3.8) is 0 Å². The largest absolute Gasteiger partial charge is 0.338 e. The number of hydrogen-bond acceptors (Lipinski definition) is 5. The second kappa shape index (κ2) is 6.76. The lowest BCUT2D eigenvalue weighted by atomic mass is 10.2. The molecule has 0 spiro atoms. The van der Waals surface area contributed by atoms with E-state index < -0.39 is 10.0 Å². The fraction of sp³-hybridized carbons (Fsp3) is 0.412. The van der Waals surface area contributed by atoms with Crippen LogP contribution in [0.3, 0.4) is 0 Å². The molecule has 0 radical (unpaired) electrons. The van der Waals surface area contributed by atoms with Crippen molar-refractivity contribution in [2.24, 2.45) is 0 Å². The van der Waals surface area contributed by atoms with Crippen LogP contribution in [0, 0.1) is 20.8 Å². The van der Waals surface area contributed by atoms with Gasteiger partial charge < -0.3 is 4.90 Å². The number of likely N-dealkylation sites (tertiary alicyclic amines) is 1. The molecule has 0 saturated carbocycles. The van der Waals surface area contributed by atoms with E-state index >= 15 is 0 Å². The predicted molar refractivity (Wildman–Crippen MR) is 98.7 cm³/mol. The van der Waals surface area contributed by atoms with Gasteiger partial charge in [0, 0.05) is 13.1 Å². The number of rotatable bonds is 4. The minimum Gasteiger partial charge on any atom is -0.338 e. The fourth-order valence-electron chi connectivity index (χ4n) is 2.97. The van der Waals surface area contributed by atoms with E-state index in [1.54, 1.807) is 30.9 Å². The van der Waals surface area contributed by atoms with E-state index in [2.05, 4.69) is 9.71 Å². The van der Waals surface area contributed by atoms with Gasteiger partial charge in [-0.1, -0.05) is 29.0 Å². The number of benzene rings is 1. The average molecular weight is 380 g/mol. The van der Waals surface area contributed by atoms with Crippen molar-refractivity contribution in [1.29, 1.82) is 0 Å². The van der Waals surface area contributed by atoms with E-state index in [-0.39, 0.29) is 15.9 Å². The molecule has 134 valence electrons. The summed E-state index contributed by atoms with van der Waals surface area (Å²) in [4.78, 5) is 19.3. The van der Waals surface area contributed by atoms with Crippen molar-refractivity contribution in [3.8, 4) is 0 Å². The molecule has 3 rings (SSSR count). The van der Waals surface area contributed by atoms with E-state index in [0.29, 0.717) is 16.1 Å². The number of amides is 1. The zero-order valence-corrected chi connectivity index (χ0v) is 16.1. The lowest BCUT2D eigenvalue weighted by Gasteiger charge is -2.13. The van der Waals surface area contributed by atoms with Gasteiger partial charge in [-0.15, -0.1) is 0 Å². The molecule has 2 aromatic rings. The maximum Gasteiger partial charge on any atom is 0.265 e. The maximum absolute atomic E-state index is 12.6. The van der Waals surface area contributed by atoms with Gasteiger partial charge in [0.2, 0.25) is 0 Å². The SMILES string of the molecule is Cc1ccc(S(=O)(=O)Nc2nc(C)c(C(=O)N3CCCC3)s2)c(C)c1. The number of sulfonamides is 1. The summed E-state index contributed by atoms with van der Waals surface area (Å²) in [6.07, 6.45) is 2.02. The Morgan fingerprint density at radius 1 is 1.20 bits per heavy atom. The van der Waals surface area contributed by atoms with Gasteiger partial charge in [0.15, 0.2) is 5.13 Å². The molecule has 1 N–H and O–H groups in total. The molecular formula is C17H21N3O3S2. The number of nitrogens with zero attached hydrogens (tertiary/aromatic N) is 2. The minimum absolute atomic E-state index is 0.0653. The van der Waals surface area contributed by atoms with Crippen LogP contribution in [0.15, 0.2) is 23.1 Å². The lowest BCUT2D eigenvalue weighted by molar-refractivity contribution is 0.0796. The highest BCUT2D eigenvalue weighted by molar-refractivity contribution is 7.93. The van der Waals surface area contributed by atoms with Gasteiger partial charge in [-0.2, -0.15) is 0 Å². The molecule has 1 amide bonds. The van der Waals surface area contributed by atoms with Crippen molar-refractivity contribution in [2.75, 3.05) is 17.8 Å². The first-order valence-corrected chi connectivity index (χ1v) is 10.4. The first-order chi connectivity index (χ1) is 11.8. The fourth-order valence-corrected chi connectivity index (χ4v) is 5.37. The van der Waals surface area contributed by atoms with Crippen molar-refractivity contribution in [2.45, 2.75) is 38.5 Å². The highest BCUT2D eigenvalue weighted by atomic mass is 32.2. The molecule has 1 aromatic carbocycles. The van der Waals surface area contributed by atoms with E-state index in [4.69, 9.17) is 0 Å². The summed E-state index contributed by atoms with van der Waals surface area (Å²) in [5, 5.41) is 0.222. The summed E-state index contributed by atoms with van der Waals surface area (Å²) in [6, 6.07) is 5.17. The molecule has 0 aliphatic carbocycles. The van der Waals surface area contributed by atoms with Crippen LogP contribution in [0.2, 0.25) is 0 Å². The van der Waals surface area contributed by atoms with Crippen molar-refractivity contribution in [3.05, 3.63) is 39.9 Å². The smallest absolute Gasteiger partial charge is 0.265 e. The molecular weight excluding hydrogens is 358 g/mol. The van der Waals surface area contributed by atoms with Crippen molar-refractivity contribution >= 4 is 32.4 Å². The van der Waals surface area contributed by atoms with Crippen LogP contribution in [0.25, 0.3) is 0 Å². The van der Waals surface area contributed by atoms with Gasteiger partial charge in [0.05, 0.1) is 10.6 Å². The lowest BCUT2D eigenvalue weighted by Crippen LogP contribution is -2.27. The Kier molecular flexibility index (Phi) is 4.83. The zero-order chi connectivity index (χ0) is 18.2. The molecule has 0 bridgehead atoms. The standard InChI is InChI=1S/C17H21N3O3S2/c1-11-6-7-14(12(2)10-11)25(22,23)19-17-18-13(3)15(24-17)16(21)20-8-4-5-9-20/h6-7,10H,4-5,8-9H2,1-3H3,(H,18,19). The molecule has 0 atom stereocenters. The Morgan fingerprint density at radius 3 is 2.52 bits per heavy atom.